The van der Waals surface area contributed by atoms with Crippen molar-refractivity contribution >= 4 is 27.8 Å². The van der Waals surface area contributed by atoms with E-state index in [1.807, 2.05) is 0 Å². The highest BCUT2D eigenvalue weighted by Crippen LogP contribution is 1.47. The number of hydrogen-bond acceptors (Lipinski definition) is 3. The fraction of sp³-hybridized carbons (Fsp3) is 0. The molecule has 0 aliphatic carbocycles. The van der Waals surface area contributed by atoms with Crippen LogP contribution in [0.25, 0.3) is 0 Å². The largest absolute Gasteiger partial charge is 0.734 e. The van der Waals surface area contributed by atoms with Gasteiger partial charge in [0, 0.05) is 0 Å². The van der Waals surface area contributed by atoms with Gasteiger partial charge in [0.05, 0.1) is 0 Å². The van der Waals surface area contributed by atoms with Crippen LogP contribution in [-0.4, -0.2) is 42.2 Å². The molecule has 0 aromatic heterocycles. The van der Waals surface area contributed by atoms with E-state index >= 15 is 0 Å². The molecule has 12 heteroatoms. The van der Waals surface area contributed by atoms with Crippen molar-refractivity contribution in [1.82, 2.24) is 0 Å². The third-order valence-corrected chi connectivity index (χ3v) is 0. The van der Waals surface area contributed by atoms with E-state index in [2.05, 4.69) is 0 Å². The van der Waals surface area contributed by atoms with Gasteiger partial charge in [0.2, 0.25) is 0 Å². The van der Waals surface area contributed by atoms with Gasteiger partial charge in [-0.25, -0.2) is 0 Å². The minimum atomic E-state index is -3.63. The molecule has 0 aromatic rings. The van der Waals surface area contributed by atoms with Crippen LogP contribution in [0.15, 0.2) is 0 Å². The van der Waals surface area contributed by atoms with Gasteiger partial charge in [0.25, 0.3) is 0 Å². The fourth-order valence-electron chi connectivity index (χ4n) is 0. The van der Waals surface area contributed by atoms with Crippen LogP contribution in [-0.2, 0) is 13.4 Å². The van der Waals surface area contributed by atoms with Crippen LogP contribution >= 0.6 is 0 Å². The molecule has 72 valence electrons. The van der Waals surface area contributed by atoms with Gasteiger partial charge in [0.15, 0.2) is 0 Å². The van der Waals surface area contributed by atoms with E-state index in [0.717, 1.165) is 0 Å². The Morgan fingerprint density at radius 2 is 0.667 bits per heavy atom. The van der Waals surface area contributed by atoms with Crippen molar-refractivity contribution in [2.45, 2.75) is 0 Å². The summed E-state index contributed by atoms with van der Waals surface area (Å²) in [5.41, 5.74) is 0. The quantitative estimate of drug-likeness (QED) is 0.336. The van der Waals surface area contributed by atoms with Crippen LogP contribution in [0, 0.1) is 0 Å². The molecule has 6 nitrogen and oxygen atoms in total. The minimum absolute atomic E-state index is 3.63. The van der Waals surface area contributed by atoms with Crippen LogP contribution in [0.2, 0.25) is 0 Å². The summed E-state index contributed by atoms with van der Waals surface area (Å²) in [7, 11) is -10.9. The summed E-state index contributed by atoms with van der Waals surface area (Å²) in [5.74, 6) is 0. The molecular formula is H3F3O6Si3. The van der Waals surface area contributed by atoms with E-state index in [1.165, 1.54) is 0 Å². The average molecular weight is 240 g/mol. The van der Waals surface area contributed by atoms with E-state index < -0.39 is 27.8 Å². The summed E-state index contributed by atoms with van der Waals surface area (Å²) in [5, 5.41) is 0. The smallest absolute Gasteiger partial charge is 0.517 e. The lowest BCUT2D eigenvalue weighted by Gasteiger charge is -1.49. The second-order valence-corrected chi connectivity index (χ2v) is 2.28. The van der Waals surface area contributed by atoms with Crippen molar-refractivity contribution in [3.05, 3.63) is 0 Å². The van der Waals surface area contributed by atoms with Gasteiger partial charge >= 0.3 is 27.8 Å². The topological polar surface area (TPSA) is 112 Å². The first-order valence-corrected chi connectivity index (χ1v) is 5.55. The third-order valence-electron chi connectivity index (χ3n) is 0. The first-order chi connectivity index (χ1) is 5.20. The maximum Gasteiger partial charge on any atom is 0.734 e. The average Bonchev–Trinajstić information content (AvgIpc) is 1.54. The molecule has 0 radical (unpaired) electrons. The van der Waals surface area contributed by atoms with Crippen LogP contribution < -0.4 is 0 Å². The Balaban J connectivity index is -0.000000101. The van der Waals surface area contributed by atoms with E-state index in [-0.39, 0.29) is 0 Å². The van der Waals surface area contributed by atoms with Crippen LogP contribution in [0.4, 0.5) is 12.3 Å². The first kappa shape index (κ1) is 17.4. The molecule has 0 aliphatic rings. The molecular weight excluding hydrogens is 237 g/mol. The Kier molecular flexibility index (Phi) is 18.6. The zero-order chi connectivity index (χ0) is 10.7. The molecule has 0 aliphatic heterocycles. The zero-order valence-electron chi connectivity index (χ0n) is 5.20. The van der Waals surface area contributed by atoms with Crippen LogP contribution in [0.3, 0.4) is 0 Å². The van der Waals surface area contributed by atoms with Gasteiger partial charge in [0.1, 0.15) is 0 Å². The predicted octanol–water partition coefficient (Wildman–Crippen LogP) is -1.91. The normalized spacial score (nSPS) is 6.25. The Morgan fingerprint density at radius 1 is 0.667 bits per heavy atom. The van der Waals surface area contributed by atoms with Crippen molar-refractivity contribution in [3.63, 3.8) is 0 Å². The van der Waals surface area contributed by atoms with E-state index in [0.29, 0.717) is 0 Å². The molecule has 0 rings (SSSR count). The number of halogens is 3. The highest BCUT2D eigenvalue weighted by Gasteiger charge is 1.88. The molecule has 0 amide bonds. The summed E-state index contributed by atoms with van der Waals surface area (Å²) in [6.07, 6.45) is 0. The van der Waals surface area contributed by atoms with E-state index in [9.17, 15) is 12.3 Å². The molecule has 0 unspecified atom stereocenters. The first-order valence-electron chi connectivity index (χ1n) is 1.85. The maximum absolute atomic E-state index is 10.1. The molecule has 0 spiro atoms. The number of rotatable bonds is 0. The predicted molar refractivity (Wildman–Crippen MR) is 29.3 cm³/mol. The van der Waals surface area contributed by atoms with Crippen molar-refractivity contribution in [2.24, 2.45) is 0 Å². The zero-order valence-corrected chi connectivity index (χ0v) is 8.20. The van der Waals surface area contributed by atoms with E-state index in [1.54, 1.807) is 0 Å². The van der Waals surface area contributed by atoms with E-state index in [4.69, 9.17) is 27.8 Å². The molecule has 0 aromatic carbocycles. The highest BCUT2D eigenvalue weighted by atomic mass is 28.3. The maximum atomic E-state index is 10.1. The Labute approximate surface area is 68.8 Å². The molecule has 0 bridgehead atoms. The highest BCUT2D eigenvalue weighted by molar-refractivity contribution is 6.23. The Bertz CT molecular complexity index is 116. The molecule has 0 saturated heterocycles. The molecule has 12 heavy (non-hydrogen) atoms. The summed E-state index contributed by atoms with van der Waals surface area (Å²) < 4.78 is 55.9. The molecule has 0 atom stereocenters. The van der Waals surface area contributed by atoms with Gasteiger partial charge < -0.3 is 14.4 Å². The minimum Gasteiger partial charge on any atom is -0.517 e. The van der Waals surface area contributed by atoms with Crippen molar-refractivity contribution < 1.29 is 40.1 Å². The lowest BCUT2D eigenvalue weighted by Crippen LogP contribution is -1.79. The Hall–Kier alpha value is -0.759. The van der Waals surface area contributed by atoms with Crippen molar-refractivity contribution in [2.75, 3.05) is 0 Å². The van der Waals surface area contributed by atoms with Gasteiger partial charge in [-0.1, -0.05) is 0 Å². The third kappa shape index (κ3) is 1090. The fourth-order valence-corrected chi connectivity index (χ4v) is 0. The second kappa shape index (κ2) is 12.9. The van der Waals surface area contributed by atoms with Gasteiger partial charge in [-0.2, -0.15) is 12.3 Å². The SMILES string of the molecule is O=[Si](O)F.O=[Si](O)F.O=[Si](O)F. The molecule has 0 heterocycles. The molecule has 0 fully saturated rings. The van der Waals surface area contributed by atoms with Crippen molar-refractivity contribution in [3.8, 4) is 0 Å². The van der Waals surface area contributed by atoms with Gasteiger partial charge in [-0.15, -0.1) is 0 Å². The van der Waals surface area contributed by atoms with Crippen LogP contribution in [0.5, 0.6) is 0 Å². The lowest BCUT2D eigenvalue weighted by molar-refractivity contribution is 0.388. The number of hydrogen-bond donors (Lipinski definition) is 3. The van der Waals surface area contributed by atoms with Gasteiger partial charge in [-0.3, -0.25) is 13.4 Å². The Morgan fingerprint density at radius 3 is 0.667 bits per heavy atom. The van der Waals surface area contributed by atoms with Crippen LogP contribution in [0.1, 0.15) is 0 Å². The summed E-state index contributed by atoms with van der Waals surface area (Å²) in [6, 6.07) is 0. The summed E-state index contributed by atoms with van der Waals surface area (Å²) in [4.78, 5) is 20.8. The summed E-state index contributed by atoms with van der Waals surface area (Å²) >= 11 is 0. The standard InChI is InChI=1S/3FHO2Si/c3*1-4(2)3/h3*2H. The monoisotopic (exact) mass is 240 g/mol. The lowest BCUT2D eigenvalue weighted by atomic mass is 15.9. The molecule has 0 saturated carbocycles. The second-order valence-electron chi connectivity index (χ2n) is 0.759. The van der Waals surface area contributed by atoms with Gasteiger partial charge in [-0.05, 0) is 0 Å². The van der Waals surface area contributed by atoms with Crippen molar-refractivity contribution in [1.29, 1.82) is 0 Å². The summed E-state index contributed by atoms with van der Waals surface area (Å²) in [6.45, 7) is 0. The molecule has 3 N–H and O–H groups in total.